The number of pyridine rings is 2. The van der Waals surface area contributed by atoms with Gasteiger partial charge in [0.1, 0.15) is 5.82 Å². The molecule has 0 saturated heterocycles. The molecule has 0 fully saturated rings. The molecule has 4 aromatic rings. The van der Waals surface area contributed by atoms with Crippen LogP contribution < -0.4 is 10.6 Å². The highest BCUT2D eigenvalue weighted by molar-refractivity contribution is 6.30. The van der Waals surface area contributed by atoms with Crippen LogP contribution in [0.15, 0.2) is 54.9 Å². The third-order valence-electron chi connectivity index (χ3n) is 4.51. The standard InChI is InChI=1S/C21H17ClN6O2/c1-12-16-9-13(10-24-19(16)28(2)27-12)20(29)25-17-6-4-3-5-15(17)21(30)26-18-8-7-14(22)11-23-18/h3-11H,1-2H3,(H,25,29)(H,23,26,30). The number of carbonyl (C=O) groups is 2. The first-order valence-corrected chi connectivity index (χ1v) is 9.43. The third kappa shape index (κ3) is 3.85. The Kier molecular flexibility index (Phi) is 5.16. The summed E-state index contributed by atoms with van der Waals surface area (Å²) >= 11 is 5.82. The van der Waals surface area contributed by atoms with Crippen molar-refractivity contribution in [1.29, 1.82) is 0 Å². The number of aromatic nitrogens is 4. The summed E-state index contributed by atoms with van der Waals surface area (Å²) in [7, 11) is 1.80. The van der Waals surface area contributed by atoms with Gasteiger partial charge < -0.3 is 10.6 Å². The second kappa shape index (κ2) is 7.92. The van der Waals surface area contributed by atoms with Crippen LogP contribution in [0.25, 0.3) is 11.0 Å². The molecule has 0 aliphatic carbocycles. The molecule has 30 heavy (non-hydrogen) atoms. The van der Waals surface area contributed by atoms with Gasteiger partial charge in [0.05, 0.1) is 27.5 Å². The van der Waals surface area contributed by atoms with Gasteiger partial charge in [0.15, 0.2) is 5.65 Å². The molecule has 4 rings (SSSR count). The molecule has 0 atom stereocenters. The van der Waals surface area contributed by atoms with E-state index in [-0.39, 0.29) is 5.91 Å². The fourth-order valence-electron chi connectivity index (χ4n) is 3.05. The maximum absolute atomic E-state index is 12.8. The molecule has 0 bridgehead atoms. The third-order valence-corrected chi connectivity index (χ3v) is 4.74. The van der Waals surface area contributed by atoms with Crippen molar-refractivity contribution in [3.63, 3.8) is 0 Å². The second-order valence-electron chi connectivity index (χ2n) is 6.62. The van der Waals surface area contributed by atoms with Crippen molar-refractivity contribution in [3.05, 3.63) is 76.7 Å². The molecule has 2 N–H and O–H groups in total. The number of carbonyl (C=O) groups excluding carboxylic acids is 2. The van der Waals surface area contributed by atoms with Gasteiger partial charge in [0.25, 0.3) is 11.8 Å². The Morgan fingerprint density at radius 2 is 1.80 bits per heavy atom. The minimum absolute atomic E-state index is 0.300. The molecule has 3 aromatic heterocycles. The van der Waals surface area contributed by atoms with Crippen molar-refractivity contribution in [2.45, 2.75) is 6.92 Å². The van der Waals surface area contributed by atoms with Crippen molar-refractivity contribution >= 4 is 46.0 Å². The highest BCUT2D eigenvalue weighted by atomic mass is 35.5. The number of hydrogen-bond acceptors (Lipinski definition) is 5. The molecule has 150 valence electrons. The van der Waals surface area contributed by atoms with Gasteiger partial charge >= 0.3 is 0 Å². The largest absolute Gasteiger partial charge is 0.321 e. The van der Waals surface area contributed by atoms with Gasteiger partial charge in [-0.1, -0.05) is 23.7 Å². The normalized spacial score (nSPS) is 10.8. The van der Waals surface area contributed by atoms with Crippen LogP contribution in [0.2, 0.25) is 5.02 Å². The summed E-state index contributed by atoms with van der Waals surface area (Å²) in [6, 6.07) is 11.7. The number of fused-ring (bicyclic) bond motifs is 1. The summed E-state index contributed by atoms with van der Waals surface area (Å²) in [5.41, 5.74) is 2.52. The first kappa shape index (κ1) is 19.5. The molecule has 0 unspecified atom stereocenters. The maximum Gasteiger partial charge on any atom is 0.258 e. The SMILES string of the molecule is Cc1nn(C)c2ncc(C(=O)Nc3ccccc3C(=O)Nc3ccc(Cl)cn3)cc12. The van der Waals surface area contributed by atoms with Gasteiger partial charge in [-0.2, -0.15) is 5.10 Å². The Morgan fingerprint density at radius 3 is 2.57 bits per heavy atom. The van der Waals surface area contributed by atoms with Gasteiger partial charge in [-0.25, -0.2) is 9.97 Å². The first-order chi connectivity index (χ1) is 14.4. The zero-order valence-corrected chi connectivity index (χ0v) is 16.9. The van der Waals surface area contributed by atoms with Gasteiger partial charge in [-0.05, 0) is 37.3 Å². The molecule has 1 aromatic carbocycles. The zero-order chi connectivity index (χ0) is 21.3. The fourth-order valence-corrected chi connectivity index (χ4v) is 3.16. The Morgan fingerprint density at radius 1 is 1.00 bits per heavy atom. The molecular weight excluding hydrogens is 404 g/mol. The minimum Gasteiger partial charge on any atom is -0.321 e. The number of para-hydroxylation sites is 1. The average molecular weight is 421 g/mol. The quantitative estimate of drug-likeness (QED) is 0.522. The van der Waals surface area contributed by atoms with E-state index in [2.05, 4.69) is 25.7 Å². The zero-order valence-electron chi connectivity index (χ0n) is 16.2. The number of anilines is 2. The van der Waals surface area contributed by atoms with Crippen LogP contribution in [0.3, 0.4) is 0 Å². The summed E-state index contributed by atoms with van der Waals surface area (Å²) in [5.74, 6) is -0.429. The predicted octanol–water partition coefficient (Wildman–Crippen LogP) is 3.83. The molecule has 3 heterocycles. The Labute approximate surface area is 176 Å². The number of aryl methyl sites for hydroxylation is 2. The first-order valence-electron chi connectivity index (χ1n) is 9.05. The average Bonchev–Trinajstić information content (AvgIpc) is 3.03. The molecule has 2 amide bonds. The van der Waals surface area contributed by atoms with Crippen molar-refractivity contribution in [3.8, 4) is 0 Å². The van der Waals surface area contributed by atoms with E-state index < -0.39 is 5.91 Å². The second-order valence-corrected chi connectivity index (χ2v) is 7.06. The van der Waals surface area contributed by atoms with Crippen LogP contribution in [0, 0.1) is 6.92 Å². The van der Waals surface area contributed by atoms with E-state index in [0.29, 0.717) is 33.3 Å². The van der Waals surface area contributed by atoms with Crippen LogP contribution in [0.5, 0.6) is 0 Å². The van der Waals surface area contributed by atoms with Crippen molar-refractivity contribution in [2.24, 2.45) is 7.05 Å². The lowest BCUT2D eigenvalue weighted by molar-refractivity contribution is 0.102. The molecule has 0 spiro atoms. The number of benzene rings is 1. The van der Waals surface area contributed by atoms with Crippen molar-refractivity contribution < 1.29 is 9.59 Å². The van der Waals surface area contributed by atoms with Crippen LogP contribution >= 0.6 is 11.6 Å². The van der Waals surface area contributed by atoms with E-state index in [4.69, 9.17) is 11.6 Å². The van der Waals surface area contributed by atoms with Crippen molar-refractivity contribution in [2.75, 3.05) is 10.6 Å². The minimum atomic E-state index is -0.405. The summed E-state index contributed by atoms with van der Waals surface area (Å²) in [4.78, 5) is 33.9. The van der Waals surface area contributed by atoms with E-state index in [1.807, 2.05) is 6.92 Å². The predicted molar refractivity (Wildman–Crippen MR) is 115 cm³/mol. The highest BCUT2D eigenvalue weighted by Gasteiger charge is 2.16. The molecule has 0 aliphatic rings. The highest BCUT2D eigenvalue weighted by Crippen LogP contribution is 2.20. The van der Waals surface area contributed by atoms with Gasteiger partial charge in [0.2, 0.25) is 0 Å². The number of nitrogens with one attached hydrogen (secondary N) is 2. The number of rotatable bonds is 4. The number of nitrogens with zero attached hydrogens (tertiary/aromatic N) is 4. The van der Waals surface area contributed by atoms with Gasteiger partial charge in [-0.15, -0.1) is 0 Å². The molecule has 0 aliphatic heterocycles. The van der Waals surface area contributed by atoms with Crippen LogP contribution in [0.1, 0.15) is 26.4 Å². The van der Waals surface area contributed by atoms with E-state index in [1.165, 1.54) is 12.4 Å². The fraction of sp³-hybridized carbons (Fsp3) is 0.0952. The Balaban J connectivity index is 1.58. The molecule has 0 radical (unpaired) electrons. The van der Waals surface area contributed by atoms with Crippen LogP contribution in [0.4, 0.5) is 11.5 Å². The molecular formula is C21H17ClN6O2. The van der Waals surface area contributed by atoms with E-state index >= 15 is 0 Å². The summed E-state index contributed by atoms with van der Waals surface area (Å²) in [5, 5.41) is 11.1. The van der Waals surface area contributed by atoms with E-state index in [0.717, 1.165) is 11.1 Å². The van der Waals surface area contributed by atoms with Gasteiger partial charge in [-0.3, -0.25) is 14.3 Å². The summed E-state index contributed by atoms with van der Waals surface area (Å²) in [6.45, 7) is 1.86. The molecule has 8 nitrogen and oxygen atoms in total. The van der Waals surface area contributed by atoms with E-state index in [1.54, 1.807) is 54.2 Å². The number of halogens is 1. The van der Waals surface area contributed by atoms with Crippen LogP contribution in [-0.4, -0.2) is 31.6 Å². The smallest absolute Gasteiger partial charge is 0.258 e. The van der Waals surface area contributed by atoms with Gasteiger partial charge in [0, 0.05) is 24.8 Å². The summed E-state index contributed by atoms with van der Waals surface area (Å²) in [6.07, 6.45) is 2.92. The van der Waals surface area contributed by atoms with E-state index in [9.17, 15) is 9.59 Å². The Hall–Kier alpha value is -3.78. The number of amides is 2. The topological polar surface area (TPSA) is 102 Å². The van der Waals surface area contributed by atoms with Crippen LogP contribution in [-0.2, 0) is 7.05 Å². The molecule has 9 heteroatoms. The molecule has 0 saturated carbocycles. The maximum atomic E-state index is 12.8. The lowest BCUT2D eigenvalue weighted by Gasteiger charge is -2.11. The monoisotopic (exact) mass is 420 g/mol. The summed E-state index contributed by atoms with van der Waals surface area (Å²) < 4.78 is 1.66. The lowest BCUT2D eigenvalue weighted by Crippen LogP contribution is -2.18. The lowest BCUT2D eigenvalue weighted by atomic mass is 10.1. The Bertz CT molecular complexity index is 1270. The number of hydrogen-bond donors (Lipinski definition) is 2. The van der Waals surface area contributed by atoms with Crippen molar-refractivity contribution in [1.82, 2.24) is 19.7 Å².